The number of nitrogens with one attached hydrogen (secondary N) is 1. The van der Waals surface area contributed by atoms with Crippen LogP contribution in [0, 0.1) is 0 Å². The molecule has 13 heteroatoms. The van der Waals surface area contributed by atoms with Crippen LogP contribution in [0.4, 0.5) is 9.80 Å². The Hall–Kier alpha value is -3.00. The molecule has 2 atom stereocenters. The maximum atomic E-state index is 13.1. The average Bonchev–Trinajstić information content (AvgIpc) is 3.25. The van der Waals surface area contributed by atoms with E-state index in [2.05, 4.69) is 5.32 Å². The Morgan fingerprint density at radius 3 is 2.31 bits per heavy atom. The highest BCUT2D eigenvalue weighted by molar-refractivity contribution is 7.89. The molecule has 1 aromatic heterocycles. The number of benzene rings is 1. The Morgan fingerprint density at radius 2 is 1.69 bits per heavy atom. The minimum Gasteiger partial charge on any atom is -0.462 e. The van der Waals surface area contributed by atoms with Crippen LogP contribution >= 0.6 is 11.3 Å². The zero-order chi connectivity index (χ0) is 28.3. The summed E-state index contributed by atoms with van der Waals surface area (Å²) in [6.07, 6.45) is -0.456. The molecule has 1 aromatic carbocycles. The summed E-state index contributed by atoms with van der Waals surface area (Å²) < 4.78 is 43.7. The quantitative estimate of drug-likeness (QED) is 0.493. The Balaban J connectivity index is 1.55. The largest absolute Gasteiger partial charge is 0.462 e. The first kappa shape index (κ1) is 29.0. The van der Waals surface area contributed by atoms with E-state index in [1.54, 1.807) is 18.7 Å². The van der Waals surface area contributed by atoms with Gasteiger partial charge >= 0.3 is 12.1 Å². The van der Waals surface area contributed by atoms with Gasteiger partial charge in [-0.2, -0.15) is 4.31 Å². The molecule has 212 valence electrons. The van der Waals surface area contributed by atoms with Crippen LogP contribution in [-0.2, 0) is 37.2 Å². The number of fused-ring (bicyclic) bond motifs is 1. The summed E-state index contributed by atoms with van der Waals surface area (Å²) in [6.45, 7) is 8.65. The van der Waals surface area contributed by atoms with Gasteiger partial charge in [-0.15, -0.1) is 11.3 Å². The van der Waals surface area contributed by atoms with Crippen molar-refractivity contribution in [3.63, 3.8) is 0 Å². The smallest absolute Gasteiger partial charge is 0.410 e. The molecule has 1 N–H and O–H groups in total. The Kier molecular flexibility index (Phi) is 8.94. The lowest BCUT2D eigenvalue weighted by molar-refractivity contribution is -0.0440. The summed E-state index contributed by atoms with van der Waals surface area (Å²) in [7, 11) is -3.75. The van der Waals surface area contributed by atoms with E-state index in [-0.39, 0.29) is 61.1 Å². The first-order chi connectivity index (χ1) is 18.5. The molecule has 1 fully saturated rings. The lowest BCUT2D eigenvalue weighted by Gasteiger charge is -2.34. The number of rotatable bonds is 7. The lowest BCUT2D eigenvalue weighted by atomic mass is 10.0. The molecule has 2 amide bonds. The van der Waals surface area contributed by atoms with Crippen molar-refractivity contribution >= 4 is 44.3 Å². The van der Waals surface area contributed by atoms with Gasteiger partial charge in [0.05, 0.1) is 42.4 Å². The SMILES string of the molecule is CCOC(=O)c1c(NC(=O)c2ccc(S(=O)(=O)N3C[C@@H](C)O[C@H](C)C3)cc2)sc2c1CCN(C(=O)OCC)C2. The fourth-order valence-corrected chi connectivity index (χ4v) is 7.55. The van der Waals surface area contributed by atoms with E-state index in [9.17, 15) is 22.8 Å². The molecule has 0 spiro atoms. The molecule has 3 heterocycles. The highest BCUT2D eigenvalue weighted by Gasteiger charge is 2.33. The summed E-state index contributed by atoms with van der Waals surface area (Å²) in [5.41, 5.74) is 1.25. The molecule has 2 aromatic rings. The van der Waals surface area contributed by atoms with E-state index >= 15 is 0 Å². The second-order valence-electron chi connectivity index (χ2n) is 9.36. The van der Waals surface area contributed by atoms with Crippen molar-refractivity contribution in [3.05, 3.63) is 45.8 Å². The average molecular weight is 580 g/mol. The number of morpholine rings is 1. The van der Waals surface area contributed by atoms with Gasteiger partial charge in [0.1, 0.15) is 5.00 Å². The Bertz CT molecular complexity index is 1330. The van der Waals surface area contributed by atoms with E-state index in [1.165, 1.54) is 39.9 Å². The van der Waals surface area contributed by atoms with Crippen molar-refractivity contribution < 1.29 is 37.0 Å². The molecule has 1 saturated heterocycles. The van der Waals surface area contributed by atoms with Crippen molar-refractivity contribution in [1.29, 1.82) is 0 Å². The van der Waals surface area contributed by atoms with Crippen LogP contribution in [0.2, 0.25) is 0 Å². The maximum Gasteiger partial charge on any atom is 0.410 e. The highest BCUT2D eigenvalue weighted by atomic mass is 32.2. The number of amides is 2. The van der Waals surface area contributed by atoms with E-state index in [0.29, 0.717) is 18.0 Å². The van der Waals surface area contributed by atoms with Gasteiger partial charge in [-0.05, 0) is 63.9 Å². The van der Waals surface area contributed by atoms with Crippen LogP contribution in [-0.4, -0.2) is 80.6 Å². The number of thiophene rings is 1. The third-order valence-corrected chi connectivity index (χ3v) is 9.41. The molecule has 0 bridgehead atoms. The topological polar surface area (TPSA) is 132 Å². The predicted molar refractivity (Wildman–Crippen MR) is 145 cm³/mol. The van der Waals surface area contributed by atoms with Crippen LogP contribution in [0.1, 0.15) is 58.9 Å². The molecule has 0 saturated carbocycles. The van der Waals surface area contributed by atoms with Gasteiger partial charge in [-0.25, -0.2) is 18.0 Å². The van der Waals surface area contributed by atoms with Crippen molar-refractivity contribution in [3.8, 4) is 0 Å². The second kappa shape index (κ2) is 12.0. The molecule has 0 unspecified atom stereocenters. The lowest BCUT2D eigenvalue weighted by Crippen LogP contribution is -2.48. The number of hydrogen-bond acceptors (Lipinski definition) is 9. The minimum absolute atomic E-state index is 0.0817. The first-order valence-electron chi connectivity index (χ1n) is 12.9. The monoisotopic (exact) mass is 579 g/mol. The van der Waals surface area contributed by atoms with Gasteiger partial charge in [0.25, 0.3) is 5.91 Å². The van der Waals surface area contributed by atoms with Gasteiger partial charge in [0.2, 0.25) is 10.0 Å². The van der Waals surface area contributed by atoms with E-state index in [0.717, 1.165) is 10.4 Å². The first-order valence-corrected chi connectivity index (χ1v) is 15.1. The van der Waals surface area contributed by atoms with E-state index < -0.39 is 28.0 Å². The molecule has 2 aliphatic heterocycles. The minimum atomic E-state index is -3.75. The number of carbonyl (C=O) groups is 3. The van der Waals surface area contributed by atoms with Gasteiger partial charge in [0, 0.05) is 30.1 Å². The van der Waals surface area contributed by atoms with Crippen LogP contribution in [0.25, 0.3) is 0 Å². The maximum absolute atomic E-state index is 13.1. The molecule has 39 heavy (non-hydrogen) atoms. The van der Waals surface area contributed by atoms with E-state index in [4.69, 9.17) is 14.2 Å². The predicted octanol–water partition coefficient (Wildman–Crippen LogP) is 3.49. The van der Waals surface area contributed by atoms with Gasteiger partial charge < -0.3 is 24.4 Å². The van der Waals surface area contributed by atoms with Gasteiger partial charge in [-0.3, -0.25) is 4.79 Å². The zero-order valence-electron chi connectivity index (χ0n) is 22.4. The number of nitrogens with zero attached hydrogens (tertiary/aromatic N) is 2. The van der Waals surface area contributed by atoms with Crippen LogP contribution < -0.4 is 5.32 Å². The molecular formula is C26H33N3O8S2. The third kappa shape index (κ3) is 6.26. The van der Waals surface area contributed by atoms with Crippen LogP contribution in [0.15, 0.2) is 29.2 Å². The van der Waals surface area contributed by atoms with E-state index in [1.807, 2.05) is 13.8 Å². The highest BCUT2D eigenvalue weighted by Crippen LogP contribution is 2.38. The van der Waals surface area contributed by atoms with Crippen molar-refractivity contribution in [2.24, 2.45) is 0 Å². The van der Waals surface area contributed by atoms with Crippen LogP contribution in [0.5, 0.6) is 0 Å². The fraction of sp³-hybridized carbons (Fsp3) is 0.500. The summed E-state index contributed by atoms with van der Waals surface area (Å²) >= 11 is 1.21. The summed E-state index contributed by atoms with van der Waals surface area (Å²) in [4.78, 5) is 40.6. The van der Waals surface area contributed by atoms with Gasteiger partial charge in [0.15, 0.2) is 0 Å². The molecular weight excluding hydrogens is 546 g/mol. The zero-order valence-corrected chi connectivity index (χ0v) is 24.0. The number of sulfonamides is 1. The molecule has 4 rings (SSSR count). The summed E-state index contributed by atoms with van der Waals surface area (Å²) in [5, 5.41) is 3.11. The molecule has 11 nitrogen and oxygen atoms in total. The number of hydrogen-bond donors (Lipinski definition) is 1. The standard InChI is InChI=1S/C26H33N3O8S2/c1-5-35-25(31)22-20-11-12-28(26(32)36-6-2)15-21(20)38-24(22)27-23(30)18-7-9-19(10-8-18)39(33,34)29-13-16(3)37-17(4)14-29/h7-10,16-17H,5-6,11-15H2,1-4H3,(H,27,30)/t16-,17-/m1/s1. The number of esters is 1. The van der Waals surface area contributed by atoms with Crippen molar-refractivity contribution in [2.75, 3.05) is 38.2 Å². The van der Waals surface area contributed by atoms with Crippen LogP contribution in [0.3, 0.4) is 0 Å². The number of anilines is 1. The second-order valence-corrected chi connectivity index (χ2v) is 12.4. The summed E-state index contributed by atoms with van der Waals surface area (Å²) in [6, 6.07) is 5.68. The Morgan fingerprint density at radius 1 is 1.05 bits per heavy atom. The fourth-order valence-electron chi connectivity index (χ4n) is 4.71. The Labute approximate surface area is 232 Å². The van der Waals surface area contributed by atoms with Gasteiger partial charge in [-0.1, -0.05) is 0 Å². The molecule has 2 aliphatic rings. The van der Waals surface area contributed by atoms with Crippen molar-refractivity contribution in [2.45, 2.75) is 57.8 Å². The normalized spacial score (nSPS) is 19.7. The molecule has 0 radical (unpaired) electrons. The van der Waals surface area contributed by atoms with Crippen molar-refractivity contribution in [1.82, 2.24) is 9.21 Å². The number of carbonyl (C=O) groups excluding carboxylic acids is 3. The summed E-state index contributed by atoms with van der Waals surface area (Å²) in [5.74, 6) is -1.05. The number of ether oxygens (including phenoxy) is 3. The third-order valence-electron chi connectivity index (χ3n) is 6.43. The molecule has 0 aliphatic carbocycles.